The number of nitrogens with one attached hydrogen (secondary N) is 3. The summed E-state index contributed by atoms with van der Waals surface area (Å²) in [5.74, 6) is -0.177. The number of nitrogens with zero attached hydrogens (tertiary/aromatic N) is 1. The van der Waals surface area contributed by atoms with E-state index in [1.54, 1.807) is 12.1 Å². The van der Waals surface area contributed by atoms with Crippen LogP contribution in [-0.4, -0.2) is 64.5 Å². The van der Waals surface area contributed by atoms with Crippen molar-refractivity contribution in [2.24, 2.45) is 0 Å². The Labute approximate surface area is 156 Å². The van der Waals surface area contributed by atoms with Gasteiger partial charge in [-0.05, 0) is 50.6 Å². The number of sulfonamides is 1. The molecule has 7 nitrogen and oxygen atoms in total. The van der Waals surface area contributed by atoms with E-state index >= 15 is 0 Å². The van der Waals surface area contributed by atoms with Crippen molar-refractivity contribution in [3.8, 4) is 0 Å². The lowest BCUT2D eigenvalue weighted by Crippen LogP contribution is -2.44. The van der Waals surface area contributed by atoms with Gasteiger partial charge in [-0.2, -0.15) is 0 Å². The first-order chi connectivity index (χ1) is 12.4. The van der Waals surface area contributed by atoms with Crippen LogP contribution in [0.3, 0.4) is 0 Å². The number of benzene rings is 1. The first kappa shape index (κ1) is 20.8. The van der Waals surface area contributed by atoms with Crippen LogP contribution in [0, 0.1) is 0 Å². The van der Waals surface area contributed by atoms with Gasteiger partial charge in [0, 0.05) is 44.3 Å². The lowest BCUT2D eigenvalue weighted by molar-refractivity contribution is 0.0951. The second kappa shape index (κ2) is 10.0. The van der Waals surface area contributed by atoms with Gasteiger partial charge < -0.3 is 15.5 Å². The summed E-state index contributed by atoms with van der Waals surface area (Å²) < 4.78 is 27.1. The van der Waals surface area contributed by atoms with Crippen LogP contribution >= 0.6 is 0 Å². The molecule has 146 valence electrons. The van der Waals surface area contributed by atoms with Gasteiger partial charge in [-0.1, -0.05) is 6.92 Å². The van der Waals surface area contributed by atoms with Gasteiger partial charge >= 0.3 is 0 Å². The molecule has 1 aliphatic heterocycles. The largest absolute Gasteiger partial charge is 0.352 e. The molecule has 1 fully saturated rings. The highest BCUT2D eigenvalue weighted by molar-refractivity contribution is 7.89. The van der Waals surface area contributed by atoms with E-state index in [-0.39, 0.29) is 16.8 Å². The van der Waals surface area contributed by atoms with Crippen molar-refractivity contribution < 1.29 is 13.2 Å². The van der Waals surface area contributed by atoms with E-state index in [2.05, 4.69) is 20.3 Å². The van der Waals surface area contributed by atoms with Gasteiger partial charge in [0.1, 0.15) is 0 Å². The van der Waals surface area contributed by atoms with Gasteiger partial charge in [0.15, 0.2) is 0 Å². The number of hydrogen-bond donors (Lipinski definition) is 3. The molecule has 0 aromatic heterocycles. The Balaban J connectivity index is 1.80. The van der Waals surface area contributed by atoms with Crippen molar-refractivity contribution in [2.75, 3.05) is 39.3 Å². The molecule has 1 aliphatic rings. The fraction of sp³-hybridized carbons (Fsp3) is 0.611. The fourth-order valence-electron chi connectivity index (χ4n) is 2.74. The van der Waals surface area contributed by atoms with Crippen LogP contribution in [0.4, 0.5) is 0 Å². The van der Waals surface area contributed by atoms with Gasteiger partial charge in [0.2, 0.25) is 10.0 Å². The third-order valence-electron chi connectivity index (χ3n) is 4.54. The lowest BCUT2D eigenvalue weighted by atomic mass is 10.2. The molecule has 1 aromatic rings. The molecule has 0 spiro atoms. The summed E-state index contributed by atoms with van der Waals surface area (Å²) in [6.45, 7) is 9.46. The highest BCUT2D eigenvalue weighted by Crippen LogP contribution is 2.11. The van der Waals surface area contributed by atoms with Crippen LogP contribution in [0.15, 0.2) is 29.2 Å². The van der Waals surface area contributed by atoms with Crippen molar-refractivity contribution in [2.45, 2.75) is 37.6 Å². The molecular formula is C18H30N4O3S. The Morgan fingerprint density at radius 1 is 1.23 bits per heavy atom. The molecule has 1 unspecified atom stereocenters. The van der Waals surface area contributed by atoms with E-state index in [9.17, 15) is 13.2 Å². The summed E-state index contributed by atoms with van der Waals surface area (Å²) in [5.41, 5.74) is 0.467. The summed E-state index contributed by atoms with van der Waals surface area (Å²) in [7, 11) is -3.54. The quantitative estimate of drug-likeness (QED) is 0.550. The summed E-state index contributed by atoms with van der Waals surface area (Å²) in [6.07, 6.45) is 1.62. The van der Waals surface area contributed by atoms with Crippen LogP contribution in [0.5, 0.6) is 0 Å². The van der Waals surface area contributed by atoms with Gasteiger partial charge in [0.25, 0.3) is 5.91 Å². The molecule has 0 bridgehead atoms. The monoisotopic (exact) mass is 382 g/mol. The maximum absolute atomic E-state index is 12.2. The van der Waals surface area contributed by atoms with Gasteiger partial charge in [-0.3, -0.25) is 4.79 Å². The van der Waals surface area contributed by atoms with Gasteiger partial charge in [0.05, 0.1) is 4.90 Å². The van der Waals surface area contributed by atoms with E-state index in [4.69, 9.17) is 0 Å². The minimum absolute atomic E-state index is 0.126. The zero-order valence-corrected chi connectivity index (χ0v) is 16.4. The smallest absolute Gasteiger partial charge is 0.251 e. The van der Waals surface area contributed by atoms with Crippen LogP contribution in [-0.2, 0) is 10.0 Å². The first-order valence-corrected chi connectivity index (χ1v) is 10.7. The fourth-order valence-corrected chi connectivity index (χ4v) is 4.07. The lowest BCUT2D eigenvalue weighted by Gasteiger charge is -2.27. The number of rotatable bonds is 9. The predicted octanol–water partition coefficient (Wildman–Crippen LogP) is 0.789. The van der Waals surface area contributed by atoms with E-state index in [0.29, 0.717) is 18.5 Å². The second-order valence-electron chi connectivity index (χ2n) is 6.66. The maximum Gasteiger partial charge on any atom is 0.251 e. The molecule has 8 heteroatoms. The number of carbonyl (C=O) groups is 1. The zero-order valence-electron chi connectivity index (χ0n) is 15.6. The zero-order chi connectivity index (χ0) is 19.0. The Kier molecular flexibility index (Phi) is 8.02. The van der Waals surface area contributed by atoms with E-state index in [0.717, 1.165) is 39.1 Å². The van der Waals surface area contributed by atoms with Crippen molar-refractivity contribution in [1.82, 2.24) is 20.3 Å². The standard InChI is InChI=1S/C18H30N4O3S/c1-3-15(2)21-26(24,25)17-7-5-16(6-8-17)18(23)20-9-4-12-22-13-10-19-11-14-22/h5-8,15,19,21H,3-4,9-14H2,1-2H3,(H,20,23). The number of hydrogen-bond acceptors (Lipinski definition) is 5. The van der Waals surface area contributed by atoms with Gasteiger partial charge in [-0.15, -0.1) is 0 Å². The van der Waals surface area contributed by atoms with E-state index in [1.807, 2.05) is 13.8 Å². The number of carbonyl (C=O) groups excluding carboxylic acids is 1. The Bertz CT molecular complexity index is 670. The second-order valence-corrected chi connectivity index (χ2v) is 8.37. The van der Waals surface area contributed by atoms with Crippen molar-refractivity contribution in [3.63, 3.8) is 0 Å². The Morgan fingerprint density at radius 2 is 1.88 bits per heavy atom. The number of amides is 1. The minimum Gasteiger partial charge on any atom is -0.352 e. The predicted molar refractivity (Wildman–Crippen MR) is 103 cm³/mol. The summed E-state index contributed by atoms with van der Waals surface area (Å²) >= 11 is 0. The molecule has 1 heterocycles. The molecule has 1 aromatic carbocycles. The molecule has 26 heavy (non-hydrogen) atoms. The van der Waals surface area contributed by atoms with Crippen LogP contribution in [0.1, 0.15) is 37.0 Å². The topological polar surface area (TPSA) is 90.5 Å². The molecule has 0 saturated carbocycles. The molecule has 1 saturated heterocycles. The molecule has 0 radical (unpaired) electrons. The Hall–Kier alpha value is -1.48. The molecular weight excluding hydrogens is 352 g/mol. The molecule has 2 rings (SSSR count). The third kappa shape index (κ3) is 6.35. The van der Waals surface area contributed by atoms with Crippen LogP contribution in [0.2, 0.25) is 0 Å². The first-order valence-electron chi connectivity index (χ1n) is 9.26. The molecule has 1 atom stereocenters. The minimum atomic E-state index is -3.54. The van der Waals surface area contributed by atoms with Crippen LogP contribution < -0.4 is 15.4 Å². The highest BCUT2D eigenvalue weighted by Gasteiger charge is 2.17. The van der Waals surface area contributed by atoms with E-state index < -0.39 is 10.0 Å². The van der Waals surface area contributed by atoms with Crippen molar-refractivity contribution in [1.29, 1.82) is 0 Å². The summed E-state index contributed by atoms with van der Waals surface area (Å²) in [5, 5.41) is 6.21. The van der Waals surface area contributed by atoms with Crippen molar-refractivity contribution >= 4 is 15.9 Å². The average Bonchev–Trinajstić information content (AvgIpc) is 2.65. The normalized spacial score (nSPS) is 17.0. The van der Waals surface area contributed by atoms with Crippen LogP contribution in [0.25, 0.3) is 0 Å². The third-order valence-corrected chi connectivity index (χ3v) is 6.15. The summed E-state index contributed by atoms with van der Waals surface area (Å²) in [4.78, 5) is 14.7. The molecule has 3 N–H and O–H groups in total. The highest BCUT2D eigenvalue weighted by atomic mass is 32.2. The maximum atomic E-state index is 12.2. The van der Waals surface area contributed by atoms with Crippen molar-refractivity contribution in [3.05, 3.63) is 29.8 Å². The summed E-state index contributed by atoms with van der Waals surface area (Å²) in [6, 6.07) is 5.92. The Morgan fingerprint density at radius 3 is 2.50 bits per heavy atom. The average molecular weight is 383 g/mol. The number of piperazine rings is 1. The molecule has 0 aliphatic carbocycles. The SMILES string of the molecule is CCC(C)NS(=O)(=O)c1ccc(C(=O)NCCCN2CCNCC2)cc1. The van der Waals surface area contributed by atoms with Gasteiger partial charge in [-0.25, -0.2) is 13.1 Å². The van der Waals surface area contributed by atoms with E-state index in [1.165, 1.54) is 12.1 Å². The molecule has 1 amide bonds.